The molecule has 0 saturated carbocycles. The van der Waals surface area contributed by atoms with Crippen LogP contribution in [0.2, 0.25) is 0 Å². The van der Waals surface area contributed by atoms with E-state index in [1.165, 1.54) is 6.20 Å². The number of aromatic nitrogens is 1. The van der Waals surface area contributed by atoms with Crippen molar-refractivity contribution in [3.8, 4) is 11.5 Å². The van der Waals surface area contributed by atoms with Gasteiger partial charge in [0.05, 0.1) is 19.2 Å². The molecule has 2 aromatic rings. The third kappa shape index (κ3) is 8.99. The summed E-state index contributed by atoms with van der Waals surface area (Å²) in [4.78, 5) is 20.0. The fourth-order valence-corrected chi connectivity index (χ4v) is 2.37. The van der Waals surface area contributed by atoms with Crippen molar-refractivity contribution < 1.29 is 14.3 Å². The number of aliphatic imine (C=N–C) groups is 1. The maximum absolute atomic E-state index is 11.9. The van der Waals surface area contributed by atoms with Gasteiger partial charge in [-0.3, -0.25) is 14.8 Å². The second-order valence-corrected chi connectivity index (χ2v) is 5.98. The van der Waals surface area contributed by atoms with Crippen LogP contribution in [0.5, 0.6) is 11.5 Å². The molecule has 158 valence electrons. The average Bonchev–Trinajstić information content (AvgIpc) is 2.73. The number of guanidine groups is 1. The van der Waals surface area contributed by atoms with Crippen molar-refractivity contribution in [2.24, 2.45) is 4.99 Å². The van der Waals surface area contributed by atoms with Gasteiger partial charge in [-0.25, -0.2) is 0 Å². The minimum Gasteiger partial charge on any atom is -0.497 e. The summed E-state index contributed by atoms with van der Waals surface area (Å²) < 4.78 is 11.1. The van der Waals surface area contributed by atoms with Gasteiger partial charge in [-0.15, -0.1) is 24.0 Å². The second-order valence-electron chi connectivity index (χ2n) is 5.98. The number of ether oxygens (including phenoxy) is 2. The molecule has 0 radical (unpaired) electrons. The van der Waals surface area contributed by atoms with Crippen LogP contribution < -0.4 is 25.4 Å². The van der Waals surface area contributed by atoms with Crippen LogP contribution >= 0.6 is 24.0 Å². The molecule has 8 nitrogen and oxygen atoms in total. The third-order valence-corrected chi connectivity index (χ3v) is 3.79. The Morgan fingerprint density at radius 2 is 1.90 bits per heavy atom. The van der Waals surface area contributed by atoms with Crippen LogP contribution in [0.4, 0.5) is 0 Å². The van der Waals surface area contributed by atoms with Crippen LogP contribution in [0, 0.1) is 0 Å². The first-order valence-corrected chi connectivity index (χ1v) is 9.06. The maximum Gasteiger partial charge on any atom is 0.252 e. The van der Waals surface area contributed by atoms with E-state index < -0.39 is 0 Å². The lowest BCUT2D eigenvalue weighted by atomic mass is 10.3. The van der Waals surface area contributed by atoms with Crippen molar-refractivity contribution in [2.75, 3.05) is 33.8 Å². The molecule has 2 rings (SSSR count). The highest BCUT2D eigenvalue weighted by molar-refractivity contribution is 14.0. The normalized spacial score (nSPS) is 11.6. The first kappa shape index (κ1) is 24.5. The van der Waals surface area contributed by atoms with Crippen molar-refractivity contribution in [2.45, 2.75) is 13.0 Å². The van der Waals surface area contributed by atoms with E-state index in [0.29, 0.717) is 31.2 Å². The van der Waals surface area contributed by atoms with Crippen LogP contribution in [0.3, 0.4) is 0 Å². The number of rotatable bonds is 9. The number of nitrogens with zero attached hydrogens (tertiary/aromatic N) is 2. The first-order chi connectivity index (χ1) is 13.6. The topological polar surface area (TPSA) is 96.9 Å². The van der Waals surface area contributed by atoms with Crippen molar-refractivity contribution in [1.82, 2.24) is 20.9 Å². The zero-order chi connectivity index (χ0) is 20.2. The number of methoxy groups -OCH3 is 1. The first-order valence-electron chi connectivity index (χ1n) is 9.06. The largest absolute Gasteiger partial charge is 0.497 e. The van der Waals surface area contributed by atoms with Gasteiger partial charge >= 0.3 is 0 Å². The number of nitrogens with one attached hydrogen (secondary N) is 3. The molecule has 0 aliphatic carbocycles. The highest BCUT2D eigenvalue weighted by Gasteiger charge is 2.07. The summed E-state index contributed by atoms with van der Waals surface area (Å²) in [5.41, 5.74) is 0.536. The number of benzene rings is 1. The quantitative estimate of drug-likeness (QED) is 0.206. The van der Waals surface area contributed by atoms with Gasteiger partial charge in [-0.1, -0.05) is 6.07 Å². The fourth-order valence-electron chi connectivity index (χ4n) is 2.37. The van der Waals surface area contributed by atoms with Gasteiger partial charge in [0.1, 0.15) is 17.6 Å². The smallest absolute Gasteiger partial charge is 0.252 e. The molecule has 1 heterocycles. The Kier molecular flexibility index (Phi) is 11.5. The van der Waals surface area contributed by atoms with E-state index >= 15 is 0 Å². The standard InChI is InChI=1S/C20H27N5O3.HI/c1-15(28-18-8-4-7-17(12-18)27-3)13-25-20(21-2)24-11-10-23-19(26)16-6-5-9-22-14-16;/h4-9,12,14-15H,10-11,13H2,1-3H3,(H,23,26)(H2,21,24,25);1H. The number of pyridine rings is 1. The molecule has 0 aliphatic heterocycles. The zero-order valence-electron chi connectivity index (χ0n) is 16.8. The van der Waals surface area contributed by atoms with Crippen molar-refractivity contribution in [1.29, 1.82) is 0 Å². The van der Waals surface area contributed by atoms with Gasteiger partial charge in [0.25, 0.3) is 5.91 Å². The molecular formula is C20H28IN5O3. The van der Waals surface area contributed by atoms with Crippen LogP contribution in [0.25, 0.3) is 0 Å². The number of amides is 1. The van der Waals surface area contributed by atoms with Crippen LogP contribution in [0.15, 0.2) is 53.8 Å². The Labute approximate surface area is 188 Å². The van der Waals surface area contributed by atoms with E-state index in [1.54, 1.807) is 32.5 Å². The third-order valence-electron chi connectivity index (χ3n) is 3.79. The second kappa shape index (κ2) is 13.6. The average molecular weight is 513 g/mol. The monoisotopic (exact) mass is 513 g/mol. The molecule has 1 amide bonds. The summed E-state index contributed by atoms with van der Waals surface area (Å²) in [5.74, 6) is 1.98. The van der Waals surface area contributed by atoms with E-state index in [1.807, 2.05) is 31.2 Å². The number of carbonyl (C=O) groups is 1. The van der Waals surface area contributed by atoms with Gasteiger partial charge in [0.15, 0.2) is 5.96 Å². The van der Waals surface area contributed by atoms with Crippen molar-refractivity contribution in [3.05, 3.63) is 54.4 Å². The summed E-state index contributed by atoms with van der Waals surface area (Å²) >= 11 is 0. The lowest BCUT2D eigenvalue weighted by molar-refractivity contribution is 0.0954. The molecule has 1 unspecified atom stereocenters. The van der Waals surface area contributed by atoms with Crippen LogP contribution in [0.1, 0.15) is 17.3 Å². The molecule has 0 spiro atoms. The van der Waals surface area contributed by atoms with E-state index in [0.717, 1.165) is 11.5 Å². The SMILES string of the molecule is CN=C(NCCNC(=O)c1cccnc1)NCC(C)Oc1cccc(OC)c1.I. The van der Waals surface area contributed by atoms with Crippen molar-refractivity contribution >= 4 is 35.8 Å². The highest BCUT2D eigenvalue weighted by Crippen LogP contribution is 2.19. The van der Waals surface area contributed by atoms with Gasteiger partial charge in [0.2, 0.25) is 0 Å². The predicted molar refractivity (Wildman–Crippen MR) is 124 cm³/mol. The van der Waals surface area contributed by atoms with E-state index in [-0.39, 0.29) is 36.0 Å². The molecular weight excluding hydrogens is 485 g/mol. The van der Waals surface area contributed by atoms with Gasteiger partial charge in [-0.05, 0) is 31.2 Å². The van der Waals surface area contributed by atoms with E-state index in [2.05, 4.69) is 25.9 Å². The molecule has 1 atom stereocenters. The fraction of sp³-hybridized carbons (Fsp3) is 0.350. The molecule has 29 heavy (non-hydrogen) atoms. The molecule has 0 aliphatic rings. The van der Waals surface area contributed by atoms with Crippen molar-refractivity contribution in [3.63, 3.8) is 0 Å². The van der Waals surface area contributed by atoms with E-state index in [9.17, 15) is 4.79 Å². The number of hydrogen-bond donors (Lipinski definition) is 3. The minimum absolute atomic E-state index is 0. The molecule has 0 fully saturated rings. The molecule has 1 aromatic heterocycles. The lowest BCUT2D eigenvalue weighted by Gasteiger charge is -2.18. The zero-order valence-corrected chi connectivity index (χ0v) is 19.2. The Morgan fingerprint density at radius 3 is 2.59 bits per heavy atom. The minimum atomic E-state index is -0.154. The predicted octanol–water partition coefficient (Wildman–Crippen LogP) is 2.07. The Balaban J connectivity index is 0.00000420. The van der Waals surface area contributed by atoms with Gasteiger partial charge < -0.3 is 25.4 Å². The van der Waals surface area contributed by atoms with Crippen LogP contribution in [-0.4, -0.2) is 56.7 Å². The lowest BCUT2D eigenvalue weighted by Crippen LogP contribution is -2.44. The highest BCUT2D eigenvalue weighted by atomic mass is 127. The Hall–Kier alpha value is -2.56. The number of hydrogen-bond acceptors (Lipinski definition) is 5. The van der Waals surface area contributed by atoms with Gasteiger partial charge in [0, 0.05) is 38.6 Å². The number of halogens is 1. The maximum atomic E-state index is 11.9. The molecule has 0 bridgehead atoms. The van der Waals surface area contributed by atoms with Crippen LogP contribution in [-0.2, 0) is 0 Å². The molecule has 3 N–H and O–H groups in total. The molecule has 0 saturated heterocycles. The Morgan fingerprint density at radius 1 is 1.14 bits per heavy atom. The number of carbonyl (C=O) groups excluding carboxylic acids is 1. The summed E-state index contributed by atoms with van der Waals surface area (Å²) in [6, 6.07) is 10.9. The summed E-state index contributed by atoms with van der Waals surface area (Å²) in [5, 5.41) is 9.17. The summed E-state index contributed by atoms with van der Waals surface area (Å²) in [6.45, 7) is 3.54. The van der Waals surface area contributed by atoms with E-state index in [4.69, 9.17) is 9.47 Å². The Bertz CT molecular complexity index is 774. The summed E-state index contributed by atoms with van der Waals surface area (Å²) in [6.07, 6.45) is 3.09. The summed E-state index contributed by atoms with van der Waals surface area (Å²) in [7, 11) is 3.32. The molecule has 1 aromatic carbocycles. The molecule has 9 heteroatoms. The van der Waals surface area contributed by atoms with Gasteiger partial charge in [-0.2, -0.15) is 0 Å².